The van der Waals surface area contributed by atoms with Crippen LogP contribution in [-0.4, -0.2) is 27.7 Å². The number of hydrogen-bond acceptors (Lipinski definition) is 6. The molecule has 1 aliphatic rings. The molecular formula is C11H19N5O. The maximum atomic E-state index is 9.34. The van der Waals surface area contributed by atoms with Gasteiger partial charge in [0.1, 0.15) is 18.0 Å². The van der Waals surface area contributed by atoms with E-state index in [1.165, 1.54) is 19.2 Å². The van der Waals surface area contributed by atoms with E-state index in [0.29, 0.717) is 11.7 Å². The average molecular weight is 237 g/mol. The van der Waals surface area contributed by atoms with Gasteiger partial charge in [-0.25, -0.2) is 15.8 Å². The second-order valence-electron chi connectivity index (χ2n) is 4.41. The first kappa shape index (κ1) is 12.1. The summed E-state index contributed by atoms with van der Waals surface area (Å²) < 4.78 is 0. The molecule has 94 valence electrons. The summed E-state index contributed by atoms with van der Waals surface area (Å²) in [6.07, 6.45) is 6.00. The molecule has 1 heterocycles. The third kappa shape index (κ3) is 3.04. The zero-order chi connectivity index (χ0) is 12.1. The van der Waals surface area contributed by atoms with Crippen molar-refractivity contribution in [1.82, 2.24) is 9.97 Å². The van der Waals surface area contributed by atoms with Gasteiger partial charge in [0, 0.05) is 24.6 Å². The predicted octanol–water partition coefficient (Wildman–Crippen LogP) is 0.725. The van der Waals surface area contributed by atoms with Crippen LogP contribution >= 0.6 is 0 Å². The minimum atomic E-state index is 0.227. The lowest BCUT2D eigenvalue weighted by Gasteiger charge is -2.31. The number of anilines is 2. The van der Waals surface area contributed by atoms with Gasteiger partial charge < -0.3 is 15.8 Å². The molecule has 0 bridgehead atoms. The molecule has 5 N–H and O–H groups in total. The Morgan fingerprint density at radius 3 is 2.82 bits per heavy atom. The lowest BCUT2D eigenvalue weighted by molar-refractivity contribution is 0.178. The Bertz CT molecular complexity index is 359. The quantitative estimate of drug-likeness (QED) is 0.455. The summed E-state index contributed by atoms with van der Waals surface area (Å²) >= 11 is 0. The number of aromatic nitrogens is 2. The van der Waals surface area contributed by atoms with Gasteiger partial charge in [-0.15, -0.1) is 0 Å². The minimum Gasteiger partial charge on any atom is -0.396 e. The maximum absolute atomic E-state index is 9.34. The van der Waals surface area contributed by atoms with E-state index < -0.39 is 0 Å². The number of aliphatic hydroxyl groups is 1. The molecule has 2 atom stereocenters. The van der Waals surface area contributed by atoms with Crippen molar-refractivity contribution in [2.24, 2.45) is 11.8 Å². The first-order valence-corrected chi connectivity index (χ1v) is 5.99. The lowest BCUT2D eigenvalue weighted by atomic mass is 9.85. The second-order valence-corrected chi connectivity index (χ2v) is 4.41. The number of hydrogen-bond donors (Lipinski definition) is 4. The molecule has 1 aromatic heterocycles. The van der Waals surface area contributed by atoms with E-state index in [-0.39, 0.29) is 12.6 Å². The Morgan fingerprint density at radius 2 is 2.06 bits per heavy atom. The van der Waals surface area contributed by atoms with Crippen molar-refractivity contribution >= 4 is 11.6 Å². The molecule has 6 heteroatoms. The summed E-state index contributed by atoms with van der Waals surface area (Å²) in [5.74, 6) is 6.94. The molecule has 17 heavy (non-hydrogen) atoms. The predicted molar refractivity (Wildman–Crippen MR) is 66.3 cm³/mol. The largest absolute Gasteiger partial charge is 0.396 e. The van der Waals surface area contributed by atoms with Crippen molar-refractivity contribution in [3.8, 4) is 0 Å². The normalized spacial score (nSPS) is 24.4. The van der Waals surface area contributed by atoms with Crippen molar-refractivity contribution in [1.29, 1.82) is 0 Å². The van der Waals surface area contributed by atoms with E-state index in [9.17, 15) is 5.11 Å². The standard InChI is InChI=1S/C11H19N5O/c12-16-11-5-10(13-7-14-11)15-9-4-2-1-3-8(9)6-17/h5,7-9,17H,1-4,6,12H2,(H2,13,14,15,16). The first-order chi connectivity index (χ1) is 8.33. The minimum absolute atomic E-state index is 0.227. The number of nitrogen functional groups attached to an aromatic ring is 1. The fourth-order valence-electron chi connectivity index (χ4n) is 2.32. The van der Waals surface area contributed by atoms with E-state index in [4.69, 9.17) is 5.84 Å². The zero-order valence-corrected chi connectivity index (χ0v) is 9.76. The topological polar surface area (TPSA) is 96.1 Å². The fraction of sp³-hybridized carbons (Fsp3) is 0.636. The molecule has 1 fully saturated rings. The number of aliphatic hydroxyl groups excluding tert-OH is 1. The van der Waals surface area contributed by atoms with Crippen LogP contribution in [0.15, 0.2) is 12.4 Å². The monoisotopic (exact) mass is 237 g/mol. The van der Waals surface area contributed by atoms with Gasteiger partial charge in [0.25, 0.3) is 0 Å². The molecule has 0 amide bonds. The molecule has 1 saturated carbocycles. The summed E-state index contributed by atoms with van der Waals surface area (Å²) in [6.45, 7) is 0.227. The fourth-order valence-corrected chi connectivity index (χ4v) is 2.32. The smallest absolute Gasteiger partial charge is 0.145 e. The zero-order valence-electron chi connectivity index (χ0n) is 9.76. The number of nitrogens with two attached hydrogens (primary N) is 1. The summed E-state index contributed by atoms with van der Waals surface area (Å²) in [5.41, 5.74) is 2.49. The molecule has 0 aliphatic heterocycles. The van der Waals surface area contributed by atoms with E-state index in [1.54, 1.807) is 6.07 Å². The van der Waals surface area contributed by atoms with Crippen LogP contribution < -0.4 is 16.6 Å². The molecule has 0 radical (unpaired) electrons. The van der Waals surface area contributed by atoms with Crippen LogP contribution in [0.2, 0.25) is 0 Å². The van der Waals surface area contributed by atoms with Gasteiger partial charge in [-0.05, 0) is 12.8 Å². The third-order valence-electron chi connectivity index (χ3n) is 3.29. The van der Waals surface area contributed by atoms with Crippen LogP contribution in [0.5, 0.6) is 0 Å². The van der Waals surface area contributed by atoms with E-state index in [2.05, 4.69) is 20.7 Å². The lowest BCUT2D eigenvalue weighted by Crippen LogP contribution is -2.34. The van der Waals surface area contributed by atoms with Crippen molar-refractivity contribution in [2.45, 2.75) is 31.7 Å². The number of nitrogens with one attached hydrogen (secondary N) is 2. The van der Waals surface area contributed by atoms with E-state index in [0.717, 1.165) is 18.7 Å². The van der Waals surface area contributed by atoms with Crippen LogP contribution in [0.4, 0.5) is 11.6 Å². The Balaban J connectivity index is 2.02. The molecule has 0 spiro atoms. The van der Waals surface area contributed by atoms with Crippen molar-refractivity contribution in [3.05, 3.63) is 12.4 Å². The van der Waals surface area contributed by atoms with Crippen LogP contribution in [0.25, 0.3) is 0 Å². The number of nitrogens with zero attached hydrogens (tertiary/aromatic N) is 2. The molecule has 2 rings (SSSR count). The summed E-state index contributed by atoms with van der Waals surface area (Å²) in [7, 11) is 0. The molecular weight excluding hydrogens is 218 g/mol. The second kappa shape index (κ2) is 5.79. The third-order valence-corrected chi connectivity index (χ3v) is 3.29. The highest BCUT2D eigenvalue weighted by molar-refractivity contribution is 5.46. The highest BCUT2D eigenvalue weighted by Crippen LogP contribution is 2.26. The maximum Gasteiger partial charge on any atom is 0.145 e. The summed E-state index contributed by atoms with van der Waals surface area (Å²) in [6, 6.07) is 2.05. The van der Waals surface area contributed by atoms with E-state index >= 15 is 0 Å². The van der Waals surface area contributed by atoms with Crippen LogP contribution in [-0.2, 0) is 0 Å². The van der Waals surface area contributed by atoms with Gasteiger partial charge in [-0.2, -0.15) is 0 Å². The Hall–Kier alpha value is -1.40. The Kier molecular flexibility index (Phi) is 4.11. The molecule has 1 aliphatic carbocycles. The Labute approximate surface area is 101 Å². The Morgan fingerprint density at radius 1 is 1.29 bits per heavy atom. The van der Waals surface area contributed by atoms with Gasteiger partial charge in [0.2, 0.25) is 0 Å². The molecule has 1 aromatic rings. The van der Waals surface area contributed by atoms with Gasteiger partial charge >= 0.3 is 0 Å². The highest BCUT2D eigenvalue weighted by Gasteiger charge is 2.24. The van der Waals surface area contributed by atoms with Gasteiger partial charge in [-0.3, -0.25) is 0 Å². The van der Waals surface area contributed by atoms with Gasteiger partial charge in [0.05, 0.1) is 0 Å². The van der Waals surface area contributed by atoms with Crippen molar-refractivity contribution in [3.63, 3.8) is 0 Å². The first-order valence-electron chi connectivity index (χ1n) is 5.99. The number of rotatable bonds is 4. The molecule has 2 unspecified atom stereocenters. The summed E-state index contributed by atoms with van der Waals surface area (Å²) in [4.78, 5) is 8.10. The van der Waals surface area contributed by atoms with Gasteiger partial charge in [0.15, 0.2) is 0 Å². The summed E-state index contributed by atoms with van der Waals surface area (Å²) in [5, 5.41) is 12.7. The molecule has 0 aromatic carbocycles. The van der Waals surface area contributed by atoms with Crippen molar-refractivity contribution < 1.29 is 5.11 Å². The van der Waals surface area contributed by atoms with Crippen LogP contribution in [0, 0.1) is 5.92 Å². The number of hydrazine groups is 1. The SMILES string of the molecule is NNc1cc(NC2CCCCC2CO)ncn1. The highest BCUT2D eigenvalue weighted by atomic mass is 16.3. The van der Waals surface area contributed by atoms with Crippen LogP contribution in [0.1, 0.15) is 25.7 Å². The molecule has 6 nitrogen and oxygen atoms in total. The van der Waals surface area contributed by atoms with Gasteiger partial charge in [-0.1, -0.05) is 12.8 Å². The van der Waals surface area contributed by atoms with E-state index in [1.807, 2.05) is 0 Å². The average Bonchev–Trinajstić information content (AvgIpc) is 2.39. The van der Waals surface area contributed by atoms with Crippen LogP contribution in [0.3, 0.4) is 0 Å². The van der Waals surface area contributed by atoms with Crippen molar-refractivity contribution in [2.75, 3.05) is 17.3 Å². The molecule has 0 saturated heterocycles.